The fourth-order valence-electron chi connectivity index (χ4n) is 1.35. The summed E-state index contributed by atoms with van der Waals surface area (Å²) in [4.78, 5) is 15.8. The molecule has 0 saturated carbocycles. The summed E-state index contributed by atoms with van der Waals surface area (Å²) in [5.41, 5.74) is 0.446. The Labute approximate surface area is 115 Å². The van der Waals surface area contributed by atoms with Gasteiger partial charge >= 0.3 is 0 Å². The second-order valence-electron chi connectivity index (χ2n) is 3.47. The molecular formula is C12H17BrN2O3. The number of aromatic nitrogens is 1. The van der Waals surface area contributed by atoms with Crippen LogP contribution in [-0.2, 0) is 4.74 Å². The van der Waals surface area contributed by atoms with Gasteiger partial charge in [-0.15, -0.1) is 0 Å². The van der Waals surface area contributed by atoms with E-state index in [2.05, 4.69) is 26.2 Å². The molecule has 0 aliphatic rings. The number of rotatable bonds is 8. The zero-order valence-corrected chi connectivity index (χ0v) is 11.9. The van der Waals surface area contributed by atoms with Gasteiger partial charge in [0.05, 0.1) is 13.7 Å². The summed E-state index contributed by atoms with van der Waals surface area (Å²) in [6.07, 6.45) is 2.37. The Hall–Kier alpha value is -1.14. The summed E-state index contributed by atoms with van der Waals surface area (Å²) in [5, 5.41) is 3.63. The van der Waals surface area contributed by atoms with Crippen LogP contribution in [0.15, 0.2) is 18.3 Å². The summed E-state index contributed by atoms with van der Waals surface area (Å²) in [6, 6.07) is 3.39. The maximum atomic E-state index is 11.8. The Morgan fingerprint density at radius 1 is 1.50 bits per heavy atom. The first kappa shape index (κ1) is 14.9. The lowest BCUT2D eigenvalue weighted by atomic mass is 10.2. The van der Waals surface area contributed by atoms with Gasteiger partial charge in [-0.3, -0.25) is 4.79 Å². The number of halogens is 1. The number of hydrogen-bond acceptors (Lipinski definition) is 4. The van der Waals surface area contributed by atoms with E-state index >= 15 is 0 Å². The Bertz CT molecular complexity index is 374. The van der Waals surface area contributed by atoms with Crippen molar-refractivity contribution < 1.29 is 14.3 Å². The highest BCUT2D eigenvalue weighted by molar-refractivity contribution is 9.09. The van der Waals surface area contributed by atoms with Crippen molar-refractivity contribution in [3.63, 3.8) is 0 Å². The maximum Gasteiger partial charge on any atom is 0.256 e. The van der Waals surface area contributed by atoms with Crippen molar-refractivity contribution in [1.82, 2.24) is 10.3 Å². The second-order valence-corrected chi connectivity index (χ2v) is 4.26. The van der Waals surface area contributed by atoms with E-state index in [1.54, 1.807) is 18.3 Å². The molecule has 0 aliphatic carbocycles. The molecule has 1 aromatic heterocycles. The molecular weight excluding hydrogens is 300 g/mol. The molecule has 1 amide bonds. The van der Waals surface area contributed by atoms with E-state index in [0.717, 1.165) is 11.8 Å². The molecule has 5 nitrogen and oxygen atoms in total. The summed E-state index contributed by atoms with van der Waals surface area (Å²) >= 11 is 3.27. The molecule has 1 rings (SSSR count). The average molecular weight is 317 g/mol. The zero-order valence-electron chi connectivity index (χ0n) is 10.3. The van der Waals surface area contributed by atoms with Gasteiger partial charge in [0.15, 0.2) is 0 Å². The fourth-order valence-corrected chi connectivity index (χ4v) is 1.58. The molecule has 0 aromatic carbocycles. The maximum absolute atomic E-state index is 11.8. The minimum Gasteiger partial charge on any atom is -0.480 e. The molecule has 100 valence electrons. The van der Waals surface area contributed by atoms with Crippen LogP contribution < -0.4 is 10.1 Å². The predicted molar refractivity (Wildman–Crippen MR) is 72.4 cm³/mol. The van der Waals surface area contributed by atoms with Crippen molar-refractivity contribution in [3.8, 4) is 5.88 Å². The zero-order chi connectivity index (χ0) is 13.2. The largest absolute Gasteiger partial charge is 0.480 e. The van der Waals surface area contributed by atoms with Gasteiger partial charge in [-0.2, -0.15) is 0 Å². The summed E-state index contributed by atoms with van der Waals surface area (Å²) in [6.45, 7) is 1.89. The molecule has 1 aromatic rings. The molecule has 1 N–H and O–H groups in total. The van der Waals surface area contributed by atoms with E-state index in [1.165, 1.54) is 7.11 Å². The van der Waals surface area contributed by atoms with E-state index in [0.29, 0.717) is 31.2 Å². The quantitative estimate of drug-likeness (QED) is 0.585. The molecule has 18 heavy (non-hydrogen) atoms. The normalized spacial score (nSPS) is 10.1. The third-order valence-corrected chi connectivity index (χ3v) is 2.51. The van der Waals surface area contributed by atoms with Gasteiger partial charge in [0.2, 0.25) is 5.88 Å². The number of carbonyl (C=O) groups is 1. The fraction of sp³-hybridized carbons (Fsp3) is 0.500. The van der Waals surface area contributed by atoms with Gasteiger partial charge in [-0.1, -0.05) is 15.9 Å². The van der Waals surface area contributed by atoms with Crippen molar-refractivity contribution in [2.45, 2.75) is 6.42 Å². The van der Waals surface area contributed by atoms with Crippen LogP contribution in [0, 0.1) is 0 Å². The first-order chi connectivity index (χ1) is 8.79. The molecule has 0 bridgehead atoms. The first-order valence-corrected chi connectivity index (χ1v) is 6.82. The van der Waals surface area contributed by atoms with Crippen LogP contribution in [0.3, 0.4) is 0 Å². The SMILES string of the molecule is COc1ncccc1C(=O)NCCCOCCBr. The molecule has 6 heteroatoms. The van der Waals surface area contributed by atoms with Crippen molar-refractivity contribution in [2.24, 2.45) is 0 Å². The highest BCUT2D eigenvalue weighted by atomic mass is 79.9. The first-order valence-electron chi connectivity index (χ1n) is 5.70. The van der Waals surface area contributed by atoms with Gasteiger partial charge in [0.1, 0.15) is 5.56 Å². The molecule has 0 aliphatic heterocycles. The smallest absolute Gasteiger partial charge is 0.256 e. The Morgan fingerprint density at radius 2 is 2.33 bits per heavy atom. The number of alkyl halides is 1. The van der Waals surface area contributed by atoms with E-state index < -0.39 is 0 Å². The van der Waals surface area contributed by atoms with E-state index in [1.807, 2.05) is 0 Å². The third-order valence-electron chi connectivity index (χ3n) is 2.18. The number of hydrogen-bond donors (Lipinski definition) is 1. The lowest BCUT2D eigenvalue weighted by Crippen LogP contribution is -2.26. The van der Waals surface area contributed by atoms with Crippen molar-refractivity contribution in [2.75, 3.05) is 32.2 Å². The molecule has 0 spiro atoms. The minimum atomic E-state index is -0.180. The van der Waals surface area contributed by atoms with Crippen LogP contribution in [0.25, 0.3) is 0 Å². The highest BCUT2D eigenvalue weighted by Crippen LogP contribution is 2.12. The third kappa shape index (κ3) is 5.01. The standard InChI is InChI=1S/C12H17BrN2O3/c1-17-12-10(4-2-6-15-12)11(16)14-7-3-8-18-9-5-13/h2,4,6H,3,5,7-9H2,1H3,(H,14,16). The van der Waals surface area contributed by atoms with Crippen LogP contribution in [-0.4, -0.2) is 43.1 Å². The number of pyridine rings is 1. The number of amides is 1. The van der Waals surface area contributed by atoms with Crippen LogP contribution in [0.5, 0.6) is 5.88 Å². The van der Waals surface area contributed by atoms with Gasteiger partial charge in [-0.05, 0) is 18.6 Å². The number of methoxy groups -OCH3 is 1. The molecule has 0 fully saturated rings. The predicted octanol–water partition coefficient (Wildman–Crippen LogP) is 1.62. The van der Waals surface area contributed by atoms with Gasteiger partial charge in [0, 0.05) is 24.7 Å². The average Bonchev–Trinajstić information content (AvgIpc) is 2.42. The second kappa shape index (κ2) is 8.88. The van der Waals surface area contributed by atoms with Gasteiger partial charge in [0.25, 0.3) is 5.91 Å². The Balaban J connectivity index is 2.32. The summed E-state index contributed by atoms with van der Waals surface area (Å²) < 4.78 is 10.3. The van der Waals surface area contributed by atoms with Crippen LogP contribution >= 0.6 is 15.9 Å². The lowest BCUT2D eigenvalue weighted by Gasteiger charge is -2.08. The van der Waals surface area contributed by atoms with Crippen LogP contribution in [0.4, 0.5) is 0 Å². The van der Waals surface area contributed by atoms with E-state index in [9.17, 15) is 4.79 Å². The van der Waals surface area contributed by atoms with Crippen molar-refractivity contribution in [1.29, 1.82) is 0 Å². The van der Waals surface area contributed by atoms with Gasteiger partial charge < -0.3 is 14.8 Å². The molecule has 0 atom stereocenters. The van der Waals surface area contributed by atoms with Crippen LogP contribution in [0.2, 0.25) is 0 Å². The van der Waals surface area contributed by atoms with E-state index in [-0.39, 0.29) is 5.91 Å². The monoisotopic (exact) mass is 316 g/mol. The summed E-state index contributed by atoms with van der Waals surface area (Å²) in [5.74, 6) is 0.158. The van der Waals surface area contributed by atoms with Crippen molar-refractivity contribution in [3.05, 3.63) is 23.9 Å². The van der Waals surface area contributed by atoms with E-state index in [4.69, 9.17) is 9.47 Å². The highest BCUT2D eigenvalue weighted by Gasteiger charge is 2.11. The molecule has 0 unspecified atom stereocenters. The Kier molecular flexibility index (Phi) is 7.36. The summed E-state index contributed by atoms with van der Waals surface area (Å²) in [7, 11) is 1.49. The van der Waals surface area contributed by atoms with Crippen LogP contribution in [0.1, 0.15) is 16.8 Å². The molecule has 0 radical (unpaired) electrons. The molecule has 0 saturated heterocycles. The Morgan fingerprint density at radius 3 is 3.06 bits per heavy atom. The number of nitrogens with zero attached hydrogens (tertiary/aromatic N) is 1. The lowest BCUT2D eigenvalue weighted by molar-refractivity contribution is 0.0941. The number of carbonyl (C=O) groups excluding carboxylic acids is 1. The van der Waals surface area contributed by atoms with Crippen molar-refractivity contribution >= 4 is 21.8 Å². The van der Waals surface area contributed by atoms with Gasteiger partial charge in [-0.25, -0.2) is 4.98 Å². The number of nitrogens with one attached hydrogen (secondary N) is 1. The number of ether oxygens (including phenoxy) is 2. The molecule has 1 heterocycles. The topological polar surface area (TPSA) is 60.5 Å². The minimum absolute atomic E-state index is 0.180.